The lowest BCUT2D eigenvalue weighted by Crippen LogP contribution is -2.57. The Morgan fingerprint density at radius 1 is 1.26 bits per heavy atom. The van der Waals surface area contributed by atoms with E-state index in [1.807, 2.05) is 18.2 Å². The van der Waals surface area contributed by atoms with E-state index >= 15 is 0 Å². The van der Waals surface area contributed by atoms with Crippen LogP contribution in [0.1, 0.15) is 6.92 Å². The summed E-state index contributed by atoms with van der Waals surface area (Å²) in [6, 6.07) is 10.3. The molecule has 0 bridgehead atoms. The molecule has 1 saturated heterocycles. The lowest BCUT2D eigenvalue weighted by atomic mass is 10.0. The molecule has 0 amide bonds. The second kappa shape index (κ2) is 5.59. The third kappa shape index (κ3) is 3.45. The molecule has 0 aromatic heterocycles. The number of carbonyl (C=O) groups is 1. The number of aliphatic carboxylic acids is 1. The van der Waals surface area contributed by atoms with Gasteiger partial charge in [-0.2, -0.15) is 0 Å². The van der Waals surface area contributed by atoms with E-state index in [0.29, 0.717) is 6.54 Å². The number of nitrogens with zero attached hydrogens (tertiary/aromatic N) is 2. The molecule has 3 N–H and O–H groups in total. The lowest BCUT2D eigenvalue weighted by molar-refractivity contribution is -0.143. The third-order valence-corrected chi connectivity index (χ3v) is 3.53. The van der Waals surface area contributed by atoms with Crippen molar-refractivity contribution in [3.8, 4) is 0 Å². The van der Waals surface area contributed by atoms with Gasteiger partial charge in [0, 0.05) is 38.4 Å². The standard InChI is InChI=1S/C14H21N3O2/c1-14(15,13(18)19)11-16-7-9-17(10-8-16)12-5-3-2-4-6-12/h2-6H,7-11,15H2,1H3,(H,18,19). The molecule has 1 heterocycles. The second-order valence-corrected chi connectivity index (χ2v) is 5.32. The molecule has 0 radical (unpaired) electrons. The zero-order chi connectivity index (χ0) is 13.9. The fourth-order valence-electron chi connectivity index (χ4n) is 2.34. The van der Waals surface area contributed by atoms with Crippen LogP contribution in [0.2, 0.25) is 0 Å². The highest BCUT2D eigenvalue weighted by atomic mass is 16.4. The molecule has 5 nitrogen and oxygen atoms in total. The quantitative estimate of drug-likeness (QED) is 0.833. The first-order chi connectivity index (χ1) is 8.99. The van der Waals surface area contributed by atoms with Gasteiger partial charge in [-0.25, -0.2) is 0 Å². The highest BCUT2D eigenvalue weighted by Crippen LogP contribution is 2.16. The summed E-state index contributed by atoms with van der Waals surface area (Å²) in [6.07, 6.45) is 0. The largest absolute Gasteiger partial charge is 0.480 e. The van der Waals surface area contributed by atoms with Gasteiger partial charge in [-0.3, -0.25) is 9.69 Å². The van der Waals surface area contributed by atoms with E-state index in [1.54, 1.807) is 6.92 Å². The van der Waals surface area contributed by atoms with Gasteiger partial charge >= 0.3 is 5.97 Å². The fourth-order valence-corrected chi connectivity index (χ4v) is 2.34. The van der Waals surface area contributed by atoms with Crippen LogP contribution in [0.15, 0.2) is 30.3 Å². The molecule has 5 heteroatoms. The molecule has 0 aliphatic carbocycles. The SMILES string of the molecule is CC(N)(CN1CCN(c2ccccc2)CC1)C(=O)O. The molecule has 19 heavy (non-hydrogen) atoms. The van der Waals surface area contributed by atoms with Crippen molar-refractivity contribution in [1.82, 2.24) is 4.90 Å². The van der Waals surface area contributed by atoms with Crippen LogP contribution >= 0.6 is 0 Å². The predicted octanol–water partition coefficient (Wildman–Crippen LogP) is 0.611. The smallest absolute Gasteiger partial charge is 0.324 e. The van der Waals surface area contributed by atoms with E-state index in [2.05, 4.69) is 21.9 Å². The van der Waals surface area contributed by atoms with E-state index < -0.39 is 11.5 Å². The van der Waals surface area contributed by atoms with Gasteiger partial charge in [0.05, 0.1) is 0 Å². The van der Waals surface area contributed by atoms with Gasteiger partial charge in [0.15, 0.2) is 0 Å². The summed E-state index contributed by atoms with van der Waals surface area (Å²) < 4.78 is 0. The van der Waals surface area contributed by atoms with Gasteiger partial charge in [-0.05, 0) is 19.1 Å². The maximum absolute atomic E-state index is 11.0. The number of anilines is 1. The van der Waals surface area contributed by atoms with Crippen LogP contribution in [0, 0.1) is 0 Å². The van der Waals surface area contributed by atoms with E-state index in [4.69, 9.17) is 10.8 Å². The first-order valence-electron chi connectivity index (χ1n) is 6.54. The molecule has 1 aromatic carbocycles. The number of carboxylic acids is 1. The van der Waals surface area contributed by atoms with Gasteiger partial charge in [-0.1, -0.05) is 18.2 Å². The average molecular weight is 263 g/mol. The molecular formula is C14H21N3O2. The molecule has 1 aliphatic heterocycles. The number of hydrogen-bond donors (Lipinski definition) is 2. The van der Waals surface area contributed by atoms with Gasteiger partial charge in [0.1, 0.15) is 5.54 Å². The second-order valence-electron chi connectivity index (χ2n) is 5.32. The Morgan fingerprint density at radius 3 is 2.37 bits per heavy atom. The van der Waals surface area contributed by atoms with E-state index in [-0.39, 0.29) is 0 Å². The molecule has 1 atom stereocenters. The number of benzene rings is 1. The Labute approximate surface area is 113 Å². The van der Waals surface area contributed by atoms with Crippen molar-refractivity contribution in [3.63, 3.8) is 0 Å². The minimum atomic E-state index is -1.17. The maximum atomic E-state index is 11.0. The summed E-state index contributed by atoms with van der Waals surface area (Å²) in [4.78, 5) is 15.4. The highest BCUT2D eigenvalue weighted by Gasteiger charge is 2.31. The number of carboxylic acid groups (broad SMARTS) is 1. The van der Waals surface area contributed by atoms with Gasteiger partial charge in [-0.15, -0.1) is 0 Å². The average Bonchev–Trinajstić information content (AvgIpc) is 2.40. The van der Waals surface area contributed by atoms with Crippen LogP contribution in [-0.4, -0.2) is 54.2 Å². The van der Waals surface area contributed by atoms with E-state index in [9.17, 15) is 4.79 Å². The van der Waals surface area contributed by atoms with E-state index in [0.717, 1.165) is 26.2 Å². The Kier molecular flexibility index (Phi) is 4.07. The monoisotopic (exact) mass is 263 g/mol. The molecule has 1 aliphatic rings. The molecule has 1 unspecified atom stereocenters. The van der Waals surface area contributed by atoms with Crippen LogP contribution in [0.25, 0.3) is 0 Å². The van der Waals surface area contributed by atoms with Crippen LogP contribution in [0.3, 0.4) is 0 Å². The molecule has 104 valence electrons. The molecular weight excluding hydrogens is 242 g/mol. The Morgan fingerprint density at radius 2 is 1.84 bits per heavy atom. The number of para-hydroxylation sites is 1. The van der Waals surface area contributed by atoms with Crippen molar-refractivity contribution in [2.75, 3.05) is 37.6 Å². The lowest BCUT2D eigenvalue weighted by Gasteiger charge is -2.38. The Bertz CT molecular complexity index is 426. The third-order valence-electron chi connectivity index (χ3n) is 3.53. The van der Waals surface area contributed by atoms with Crippen LogP contribution < -0.4 is 10.6 Å². The maximum Gasteiger partial charge on any atom is 0.324 e. The minimum Gasteiger partial charge on any atom is -0.480 e. The fraction of sp³-hybridized carbons (Fsp3) is 0.500. The van der Waals surface area contributed by atoms with Crippen LogP contribution in [0.5, 0.6) is 0 Å². The Hall–Kier alpha value is -1.59. The topological polar surface area (TPSA) is 69.8 Å². The van der Waals surface area contributed by atoms with Crippen molar-refractivity contribution < 1.29 is 9.90 Å². The molecule has 1 fully saturated rings. The first kappa shape index (κ1) is 13.8. The predicted molar refractivity (Wildman–Crippen MR) is 75.3 cm³/mol. The van der Waals surface area contributed by atoms with Crippen molar-refractivity contribution in [1.29, 1.82) is 0 Å². The number of piperazine rings is 1. The zero-order valence-electron chi connectivity index (χ0n) is 11.2. The summed E-state index contributed by atoms with van der Waals surface area (Å²) in [5.41, 5.74) is 5.83. The zero-order valence-corrected chi connectivity index (χ0v) is 11.2. The van der Waals surface area contributed by atoms with Crippen molar-refractivity contribution in [2.45, 2.75) is 12.5 Å². The minimum absolute atomic E-state index is 0.394. The van der Waals surface area contributed by atoms with Crippen molar-refractivity contribution in [2.24, 2.45) is 5.73 Å². The summed E-state index contributed by atoms with van der Waals surface area (Å²) in [7, 11) is 0. The van der Waals surface area contributed by atoms with Gasteiger partial charge in [0.25, 0.3) is 0 Å². The summed E-state index contributed by atoms with van der Waals surface area (Å²) in [5.74, 6) is -0.946. The molecule has 1 aromatic rings. The molecule has 0 saturated carbocycles. The number of rotatable bonds is 4. The number of hydrogen-bond acceptors (Lipinski definition) is 4. The normalized spacial score (nSPS) is 20.0. The van der Waals surface area contributed by atoms with Gasteiger partial charge in [0.2, 0.25) is 0 Å². The van der Waals surface area contributed by atoms with Gasteiger partial charge < -0.3 is 15.7 Å². The first-order valence-corrected chi connectivity index (χ1v) is 6.54. The summed E-state index contributed by atoms with van der Waals surface area (Å²) >= 11 is 0. The van der Waals surface area contributed by atoms with E-state index in [1.165, 1.54) is 5.69 Å². The van der Waals surface area contributed by atoms with Crippen molar-refractivity contribution >= 4 is 11.7 Å². The van der Waals surface area contributed by atoms with Crippen LogP contribution in [-0.2, 0) is 4.79 Å². The molecule has 2 rings (SSSR count). The Balaban J connectivity index is 1.88. The number of nitrogens with two attached hydrogens (primary N) is 1. The van der Waals surface area contributed by atoms with Crippen molar-refractivity contribution in [3.05, 3.63) is 30.3 Å². The van der Waals surface area contributed by atoms with Crippen LogP contribution in [0.4, 0.5) is 5.69 Å². The molecule has 0 spiro atoms. The highest BCUT2D eigenvalue weighted by molar-refractivity contribution is 5.78. The summed E-state index contributed by atoms with van der Waals surface area (Å²) in [5, 5.41) is 9.04. The summed E-state index contributed by atoms with van der Waals surface area (Å²) in [6.45, 7) is 5.45.